The Bertz CT molecular complexity index is 897. The molecule has 3 aliphatic heterocycles. The van der Waals surface area contributed by atoms with Gasteiger partial charge in [0.2, 0.25) is 0 Å². The Morgan fingerprint density at radius 1 is 1.17 bits per heavy atom. The molecule has 1 fully saturated rings. The van der Waals surface area contributed by atoms with Crippen LogP contribution in [0.5, 0.6) is 5.75 Å². The van der Waals surface area contributed by atoms with Gasteiger partial charge in [-0.05, 0) is 60.6 Å². The Kier molecular flexibility index (Phi) is 5.80. The molecule has 1 amide bonds. The number of rotatable bonds is 4. The summed E-state index contributed by atoms with van der Waals surface area (Å²) in [4.78, 5) is 19.7. The molecule has 154 valence electrons. The van der Waals surface area contributed by atoms with Crippen LogP contribution >= 0.6 is 8.58 Å². The van der Waals surface area contributed by atoms with Gasteiger partial charge in [0.05, 0.1) is 18.6 Å². The number of piperazine rings is 1. The van der Waals surface area contributed by atoms with E-state index in [-0.39, 0.29) is 11.7 Å². The largest absolute Gasteiger partial charge is 0.496 e. The number of aryl methyl sites for hydroxylation is 1. The van der Waals surface area contributed by atoms with E-state index in [1.165, 1.54) is 16.8 Å². The number of amides is 1. The lowest BCUT2D eigenvalue weighted by Gasteiger charge is -2.41. The standard InChI is InChI=1S/C23H30N3O2P/c1-5-17-13-18(6-7-20(17)28-4)21-14-22(27)26-15-19(12-16(2)23(26)29-21)25-10-8-24(3)9-11-25/h6-7,12-15,23,29H,5,8-11H2,1-4H3. The van der Waals surface area contributed by atoms with Gasteiger partial charge < -0.3 is 19.4 Å². The smallest absolute Gasteiger partial charge is 0.252 e. The van der Waals surface area contributed by atoms with Crippen molar-refractivity contribution in [1.29, 1.82) is 0 Å². The van der Waals surface area contributed by atoms with Crippen molar-refractivity contribution in [2.24, 2.45) is 0 Å². The highest BCUT2D eigenvalue weighted by molar-refractivity contribution is 7.51. The van der Waals surface area contributed by atoms with Crippen molar-refractivity contribution in [1.82, 2.24) is 14.7 Å². The van der Waals surface area contributed by atoms with Gasteiger partial charge in [0, 0.05) is 38.5 Å². The summed E-state index contributed by atoms with van der Waals surface area (Å²) in [6, 6.07) is 6.27. The van der Waals surface area contributed by atoms with Gasteiger partial charge in [-0.15, -0.1) is 0 Å². The summed E-state index contributed by atoms with van der Waals surface area (Å²) >= 11 is 0. The zero-order chi connectivity index (χ0) is 20.5. The minimum absolute atomic E-state index is 0.0803. The van der Waals surface area contributed by atoms with E-state index in [2.05, 4.69) is 55.1 Å². The summed E-state index contributed by atoms with van der Waals surface area (Å²) < 4.78 is 5.46. The second-order valence-electron chi connectivity index (χ2n) is 7.96. The van der Waals surface area contributed by atoms with Crippen molar-refractivity contribution < 1.29 is 9.53 Å². The zero-order valence-corrected chi connectivity index (χ0v) is 18.7. The van der Waals surface area contributed by atoms with Crippen molar-refractivity contribution in [3.8, 4) is 5.75 Å². The number of hydrogen-bond donors (Lipinski definition) is 0. The van der Waals surface area contributed by atoms with Crippen molar-refractivity contribution >= 4 is 19.8 Å². The fraction of sp³-hybridized carbons (Fsp3) is 0.435. The SMILES string of the molecule is CCc1cc(C2=CC(=O)N3C=C(N4CCN(C)CC4)C=C(C)C3P2)ccc1OC. The maximum Gasteiger partial charge on any atom is 0.252 e. The Morgan fingerprint density at radius 2 is 1.93 bits per heavy atom. The first-order chi connectivity index (χ1) is 14.0. The van der Waals surface area contributed by atoms with Crippen LogP contribution in [0, 0.1) is 0 Å². The van der Waals surface area contributed by atoms with Gasteiger partial charge in [0.15, 0.2) is 0 Å². The van der Waals surface area contributed by atoms with E-state index in [9.17, 15) is 4.79 Å². The number of likely N-dealkylation sites (N-methyl/N-ethyl adjacent to an activating group) is 1. The average Bonchev–Trinajstić information content (AvgIpc) is 2.74. The number of allylic oxidation sites excluding steroid dienone is 1. The first kappa shape index (κ1) is 20.2. The van der Waals surface area contributed by atoms with Gasteiger partial charge in [-0.25, -0.2) is 0 Å². The van der Waals surface area contributed by atoms with E-state index in [4.69, 9.17) is 4.74 Å². The molecule has 2 atom stereocenters. The summed E-state index contributed by atoms with van der Waals surface area (Å²) in [5.74, 6) is 1.13. The maximum atomic E-state index is 13.0. The molecule has 0 aromatic heterocycles. The first-order valence-electron chi connectivity index (χ1n) is 10.3. The van der Waals surface area contributed by atoms with Gasteiger partial charge in [-0.2, -0.15) is 0 Å². The number of methoxy groups -OCH3 is 1. The topological polar surface area (TPSA) is 36.0 Å². The number of hydrogen-bond acceptors (Lipinski definition) is 4. The lowest BCUT2D eigenvalue weighted by Crippen LogP contribution is -2.46. The quantitative estimate of drug-likeness (QED) is 0.711. The molecule has 0 spiro atoms. The van der Waals surface area contributed by atoms with Crippen molar-refractivity contribution in [2.75, 3.05) is 40.3 Å². The summed E-state index contributed by atoms with van der Waals surface area (Å²) in [6.07, 6.45) is 7.08. The molecule has 0 N–H and O–H groups in total. The Morgan fingerprint density at radius 3 is 2.62 bits per heavy atom. The van der Waals surface area contributed by atoms with Crippen LogP contribution in [0.2, 0.25) is 0 Å². The number of fused-ring (bicyclic) bond motifs is 1. The molecule has 0 aliphatic carbocycles. The van der Waals surface area contributed by atoms with Crippen LogP contribution in [-0.2, 0) is 11.2 Å². The van der Waals surface area contributed by atoms with Crippen molar-refractivity contribution in [3.05, 3.63) is 58.9 Å². The highest BCUT2D eigenvalue weighted by Crippen LogP contribution is 2.47. The molecule has 3 aliphatic rings. The highest BCUT2D eigenvalue weighted by Gasteiger charge is 2.33. The number of ether oxygens (including phenoxy) is 1. The van der Waals surface area contributed by atoms with Crippen LogP contribution < -0.4 is 4.74 Å². The predicted octanol–water partition coefficient (Wildman–Crippen LogP) is 3.49. The van der Waals surface area contributed by atoms with Gasteiger partial charge >= 0.3 is 0 Å². The summed E-state index contributed by atoms with van der Waals surface area (Å²) in [7, 11) is 4.41. The third kappa shape index (κ3) is 3.99. The molecule has 5 nitrogen and oxygen atoms in total. The summed E-state index contributed by atoms with van der Waals surface area (Å²) in [5, 5.41) is 1.14. The van der Waals surface area contributed by atoms with Crippen molar-refractivity contribution in [3.63, 3.8) is 0 Å². The Hall–Kier alpha value is -2.10. The molecule has 1 aromatic rings. The number of benzene rings is 1. The van der Waals surface area contributed by atoms with Crippen LogP contribution in [0.4, 0.5) is 0 Å². The van der Waals surface area contributed by atoms with Gasteiger partial charge in [0.25, 0.3) is 5.91 Å². The molecule has 2 unspecified atom stereocenters. The van der Waals surface area contributed by atoms with E-state index >= 15 is 0 Å². The minimum Gasteiger partial charge on any atom is -0.496 e. The average molecular weight is 411 g/mol. The fourth-order valence-electron chi connectivity index (χ4n) is 4.17. The van der Waals surface area contributed by atoms with Gasteiger partial charge in [0.1, 0.15) is 5.75 Å². The molecule has 4 rings (SSSR count). The van der Waals surface area contributed by atoms with E-state index in [1.54, 1.807) is 7.11 Å². The number of carbonyl (C=O) groups is 1. The van der Waals surface area contributed by atoms with Crippen LogP contribution in [0.3, 0.4) is 0 Å². The molecule has 3 heterocycles. The molecule has 1 aromatic carbocycles. The molecular formula is C23H30N3O2P. The zero-order valence-electron chi connectivity index (χ0n) is 17.7. The van der Waals surface area contributed by atoms with Gasteiger partial charge in [-0.1, -0.05) is 21.6 Å². The molecule has 1 saturated heterocycles. The Labute approximate surface area is 175 Å². The number of nitrogens with zero attached hydrogens (tertiary/aromatic N) is 3. The molecular weight excluding hydrogens is 381 g/mol. The summed E-state index contributed by atoms with van der Waals surface area (Å²) in [5.41, 5.74) is 4.75. The molecule has 6 heteroatoms. The molecule has 0 saturated carbocycles. The molecule has 0 bridgehead atoms. The van der Waals surface area contributed by atoms with Crippen LogP contribution in [0.1, 0.15) is 25.0 Å². The third-order valence-electron chi connectivity index (χ3n) is 6.01. The maximum absolute atomic E-state index is 13.0. The minimum atomic E-state index is 0.0803. The molecule has 29 heavy (non-hydrogen) atoms. The second-order valence-corrected chi connectivity index (χ2v) is 9.34. The van der Waals surface area contributed by atoms with E-state index in [0.717, 1.165) is 49.2 Å². The lowest BCUT2D eigenvalue weighted by atomic mass is 10.1. The van der Waals surface area contributed by atoms with E-state index in [0.29, 0.717) is 8.58 Å². The third-order valence-corrected chi connectivity index (χ3v) is 7.76. The van der Waals surface area contributed by atoms with E-state index in [1.807, 2.05) is 17.0 Å². The van der Waals surface area contributed by atoms with E-state index < -0.39 is 0 Å². The normalized spacial score (nSPS) is 23.5. The second kappa shape index (κ2) is 8.33. The monoisotopic (exact) mass is 411 g/mol. The Balaban J connectivity index is 1.60. The van der Waals surface area contributed by atoms with Crippen LogP contribution in [-0.4, -0.2) is 66.7 Å². The predicted molar refractivity (Wildman–Crippen MR) is 120 cm³/mol. The highest BCUT2D eigenvalue weighted by atomic mass is 31.1. The number of carbonyl (C=O) groups excluding carboxylic acids is 1. The lowest BCUT2D eigenvalue weighted by molar-refractivity contribution is -0.124. The fourth-order valence-corrected chi connectivity index (χ4v) is 5.65. The van der Waals surface area contributed by atoms with Crippen LogP contribution in [0.15, 0.2) is 47.8 Å². The molecule has 0 radical (unpaired) electrons. The van der Waals surface area contributed by atoms with Gasteiger partial charge in [-0.3, -0.25) is 4.79 Å². The van der Waals surface area contributed by atoms with Crippen LogP contribution in [0.25, 0.3) is 5.31 Å². The summed E-state index contributed by atoms with van der Waals surface area (Å²) in [6.45, 7) is 8.43. The van der Waals surface area contributed by atoms with Crippen molar-refractivity contribution in [2.45, 2.75) is 26.1 Å². The first-order valence-corrected chi connectivity index (χ1v) is 11.4.